The van der Waals surface area contributed by atoms with E-state index in [1.54, 1.807) is 6.07 Å². The molecule has 1 aliphatic rings. The van der Waals surface area contributed by atoms with Crippen LogP contribution in [0.5, 0.6) is 0 Å². The Balaban J connectivity index is 2.05. The highest BCUT2D eigenvalue weighted by Gasteiger charge is 2.31. The van der Waals surface area contributed by atoms with Gasteiger partial charge in [-0.25, -0.2) is 9.97 Å². The second-order valence-electron chi connectivity index (χ2n) is 7.51. The van der Waals surface area contributed by atoms with Gasteiger partial charge in [0.2, 0.25) is 0 Å². The molecule has 0 aromatic carbocycles. The van der Waals surface area contributed by atoms with Crippen molar-refractivity contribution in [2.45, 2.75) is 64.4 Å². The third-order valence-corrected chi connectivity index (χ3v) is 4.22. The van der Waals surface area contributed by atoms with Crippen molar-refractivity contribution in [3.8, 4) is 0 Å². The Labute approximate surface area is 127 Å². The first-order chi connectivity index (χ1) is 9.68. The summed E-state index contributed by atoms with van der Waals surface area (Å²) in [5.74, 6) is 2.59. The molecule has 4 N–H and O–H groups in total. The molecule has 0 bridgehead atoms. The van der Waals surface area contributed by atoms with Crippen molar-refractivity contribution in [2.24, 2.45) is 5.92 Å². The summed E-state index contributed by atoms with van der Waals surface area (Å²) in [6, 6.07) is 1.73. The lowest BCUT2D eigenvalue weighted by Crippen LogP contribution is -2.40. The number of nitrogens with two attached hydrogens (primary N) is 1. The number of aliphatic hydroxyl groups is 1. The van der Waals surface area contributed by atoms with Gasteiger partial charge in [-0.05, 0) is 31.6 Å². The van der Waals surface area contributed by atoms with E-state index in [0.29, 0.717) is 29.9 Å². The van der Waals surface area contributed by atoms with Crippen molar-refractivity contribution >= 4 is 11.6 Å². The number of anilines is 2. The van der Waals surface area contributed by atoms with Crippen molar-refractivity contribution in [3.05, 3.63) is 11.9 Å². The molecule has 1 aromatic rings. The first-order valence-electron chi connectivity index (χ1n) is 7.79. The van der Waals surface area contributed by atoms with Crippen LogP contribution >= 0.6 is 0 Å². The highest BCUT2D eigenvalue weighted by molar-refractivity contribution is 5.45. The maximum Gasteiger partial charge on any atom is 0.138 e. The van der Waals surface area contributed by atoms with E-state index in [2.05, 4.69) is 43.0 Å². The second kappa shape index (κ2) is 5.79. The van der Waals surface area contributed by atoms with Gasteiger partial charge in [0.15, 0.2) is 0 Å². The molecule has 0 aliphatic heterocycles. The molecule has 1 heterocycles. The Morgan fingerprint density at radius 2 is 1.95 bits per heavy atom. The zero-order chi connectivity index (χ0) is 15.7. The fourth-order valence-electron chi connectivity index (χ4n) is 2.62. The van der Waals surface area contributed by atoms with Gasteiger partial charge in [-0.2, -0.15) is 0 Å². The van der Waals surface area contributed by atoms with Crippen molar-refractivity contribution in [1.29, 1.82) is 0 Å². The average Bonchev–Trinajstić information content (AvgIpc) is 2.39. The quantitative estimate of drug-likeness (QED) is 0.797. The van der Waals surface area contributed by atoms with Crippen LogP contribution in [0.3, 0.4) is 0 Å². The monoisotopic (exact) mass is 292 g/mol. The van der Waals surface area contributed by atoms with E-state index in [-0.39, 0.29) is 5.41 Å². The normalized spacial score (nSPS) is 26.6. The van der Waals surface area contributed by atoms with E-state index in [4.69, 9.17) is 5.73 Å². The minimum Gasteiger partial charge on any atom is -0.388 e. The lowest BCUT2D eigenvalue weighted by Gasteiger charge is -2.35. The van der Waals surface area contributed by atoms with Crippen LogP contribution in [0.25, 0.3) is 0 Å². The second-order valence-corrected chi connectivity index (χ2v) is 7.51. The highest BCUT2D eigenvalue weighted by Crippen LogP contribution is 2.32. The molecular weight excluding hydrogens is 264 g/mol. The van der Waals surface area contributed by atoms with E-state index < -0.39 is 5.60 Å². The Bertz CT molecular complexity index is 488. The number of aromatic nitrogens is 2. The van der Waals surface area contributed by atoms with Crippen LogP contribution in [0.2, 0.25) is 0 Å². The predicted octanol–water partition coefficient (Wildman–Crippen LogP) is 2.71. The van der Waals surface area contributed by atoms with Gasteiger partial charge in [0.1, 0.15) is 17.5 Å². The van der Waals surface area contributed by atoms with Crippen LogP contribution in [0.4, 0.5) is 11.6 Å². The van der Waals surface area contributed by atoms with E-state index in [1.165, 1.54) is 0 Å². The maximum absolute atomic E-state index is 10.6. The molecule has 2 rings (SSSR count). The number of hydrogen-bond acceptors (Lipinski definition) is 5. The Kier molecular flexibility index (Phi) is 4.42. The van der Waals surface area contributed by atoms with Crippen LogP contribution in [-0.2, 0) is 5.41 Å². The summed E-state index contributed by atoms with van der Waals surface area (Å²) in [5, 5.41) is 13.9. The fourth-order valence-corrected chi connectivity index (χ4v) is 2.62. The zero-order valence-electron chi connectivity index (χ0n) is 13.6. The molecule has 1 saturated carbocycles. The summed E-state index contributed by atoms with van der Waals surface area (Å²) in [7, 11) is 0. The molecule has 0 atom stereocenters. The summed E-state index contributed by atoms with van der Waals surface area (Å²) in [6.07, 6.45) is 3.84. The number of nitrogens with zero attached hydrogens (tertiary/aromatic N) is 2. The molecule has 21 heavy (non-hydrogen) atoms. The first kappa shape index (κ1) is 16.0. The van der Waals surface area contributed by atoms with Gasteiger partial charge in [-0.3, -0.25) is 0 Å². The van der Waals surface area contributed by atoms with E-state index in [9.17, 15) is 5.11 Å². The lowest BCUT2D eigenvalue weighted by molar-refractivity contribution is 0.00494. The topological polar surface area (TPSA) is 84.1 Å². The first-order valence-corrected chi connectivity index (χ1v) is 7.79. The molecule has 1 aliphatic carbocycles. The van der Waals surface area contributed by atoms with Gasteiger partial charge in [0.25, 0.3) is 0 Å². The van der Waals surface area contributed by atoms with Crippen LogP contribution in [0.15, 0.2) is 6.07 Å². The largest absolute Gasteiger partial charge is 0.388 e. The maximum atomic E-state index is 10.6. The predicted molar refractivity (Wildman–Crippen MR) is 86.2 cm³/mol. The van der Waals surface area contributed by atoms with Gasteiger partial charge in [0.05, 0.1) is 5.60 Å². The Hall–Kier alpha value is -1.36. The Morgan fingerprint density at radius 1 is 1.33 bits per heavy atom. The highest BCUT2D eigenvalue weighted by atomic mass is 16.3. The van der Waals surface area contributed by atoms with Gasteiger partial charge >= 0.3 is 0 Å². The summed E-state index contributed by atoms with van der Waals surface area (Å²) in [5.41, 5.74) is 5.08. The van der Waals surface area contributed by atoms with E-state index in [1.807, 2.05) is 0 Å². The number of nitrogens with one attached hydrogen (secondary N) is 1. The average molecular weight is 292 g/mol. The smallest absolute Gasteiger partial charge is 0.138 e. The fraction of sp³-hybridized carbons (Fsp3) is 0.750. The van der Waals surface area contributed by atoms with Crippen molar-refractivity contribution < 1.29 is 5.11 Å². The summed E-state index contributed by atoms with van der Waals surface area (Å²) < 4.78 is 0. The summed E-state index contributed by atoms with van der Waals surface area (Å²) in [6.45, 7) is 8.93. The van der Waals surface area contributed by atoms with Crippen molar-refractivity contribution in [3.63, 3.8) is 0 Å². The zero-order valence-corrected chi connectivity index (χ0v) is 13.6. The van der Waals surface area contributed by atoms with E-state index in [0.717, 1.165) is 25.7 Å². The minimum absolute atomic E-state index is 0.150. The summed E-state index contributed by atoms with van der Waals surface area (Å²) in [4.78, 5) is 8.81. The lowest BCUT2D eigenvalue weighted by atomic mass is 9.79. The van der Waals surface area contributed by atoms with Crippen LogP contribution in [-0.4, -0.2) is 27.2 Å². The third kappa shape index (κ3) is 4.30. The van der Waals surface area contributed by atoms with Gasteiger partial charge in [-0.15, -0.1) is 0 Å². The van der Waals surface area contributed by atoms with Crippen molar-refractivity contribution in [1.82, 2.24) is 9.97 Å². The third-order valence-electron chi connectivity index (χ3n) is 4.22. The SMILES string of the molecule is CC1CCC(O)(CNc2cc(N)nc(C(C)(C)C)n2)CC1. The number of nitrogen functional groups attached to an aromatic ring is 1. The van der Waals surface area contributed by atoms with Gasteiger partial charge in [0, 0.05) is 18.0 Å². The van der Waals surface area contributed by atoms with Gasteiger partial charge < -0.3 is 16.2 Å². The Morgan fingerprint density at radius 3 is 2.52 bits per heavy atom. The number of rotatable bonds is 3. The van der Waals surface area contributed by atoms with Crippen LogP contribution in [0, 0.1) is 5.92 Å². The standard InChI is InChI=1S/C16H28N4O/c1-11-5-7-16(21,8-6-11)10-18-13-9-12(17)19-14(20-13)15(2,3)4/h9,11,21H,5-8,10H2,1-4H3,(H3,17,18,19,20). The molecule has 1 aromatic heterocycles. The molecule has 118 valence electrons. The molecule has 0 radical (unpaired) electrons. The molecule has 0 amide bonds. The molecule has 5 nitrogen and oxygen atoms in total. The van der Waals surface area contributed by atoms with Crippen LogP contribution < -0.4 is 11.1 Å². The van der Waals surface area contributed by atoms with Gasteiger partial charge in [-0.1, -0.05) is 27.7 Å². The molecule has 0 spiro atoms. The molecule has 5 heteroatoms. The summed E-state index contributed by atoms with van der Waals surface area (Å²) >= 11 is 0. The van der Waals surface area contributed by atoms with Crippen molar-refractivity contribution in [2.75, 3.05) is 17.6 Å². The number of hydrogen-bond donors (Lipinski definition) is 3. The molecule has 1 fully saturated rings. The van der Waals surface area contributed by atoms with E-state index >= 15 is 0 Å². The molecular formula is C16H28N4O. The minimum atomic E-state index is -0.631. The van der Waals surface area contributed by atoms with Crippen LogP contribution in [0.1, 0.15) is 59.2 Å². The molecule has 0 unspecified atom stereocenters. The molecule has 0 saturated heterocycles.